The predicted octanol–water partition coefficient (Wildman–Crippen LogP) is 4.81. The zero-order chi connectivity index (χ0) is 14.7. The Hall–Kier alpha value is -0.690. The van der Waals surface area contributed by atoms with Gasteiger partial charge in [-0.3, -0.25) is 0 Å². The van der Waals surface area contributed by atoms with Crippen molar-refractivity contribution in [2.75, 3.05) is 11.9 Å². The van der Waals surface area contributed by atoms with Crippen LogP contribution in [0.2, 0.25) is 0 Å². The van der Waals surface area contributed by atoms with Crippen LogP contribution in [-0.4, -0.2) is 16.5 Å². The number of hydrogen-bond acceptors (Lipinski definition) is 4. The van der Waals surface area contributed by atoms with Gasteiger partial charge < -0.3 is 5.32 Å². The molecule has 0 radical (unpaired) electrons. The molecule has 0 aromatic carbocycles. The highest BCUT2D eigenvalue weighted by molar-refractivity contribution is 14.1. The fraction of sp³-hybridized carbons (Fsp3) is 0.467. The number of nitrogens with one attached hydrogen (secondary N) is 1. The average molecular weight is 401 g/mol. The maximum Gasteiger partial charge on any atom is 0.162 e. The van der Waals surface area contributed by atoms with Crippen molar-refractivity contribution in [1.29, 1.82) is 0 Å². The first-order valence-electron chi connectivity index (χ1n) is 6.94. The van der Waals surface area contributed by atoms with E-state index < -0.39 is 0 Å². The molecule has 0 spiro atoms. The summed E-state index contributed by atoms with van der Waals surface area (Å²) in [5.74, 6) is 1.82. The van der Waals surface area contributed by atoms with E-state index in [9.17, 15) is 0 Å². The summed E-state index contributed by atoms with van der Waals surface area (Å²) in [6.45, 7) is 9.43. The van der Waals surface area contributed by atoms with Crippen LogP contribution >= 0.6 is 33.9 Å². The molecule has 0 saturated carbocycles. The Morgan fingerprint density at radius 2 is 2.00 bits per heavy atom. The molecule has 0 bridgehead atoms. The lowest BCUT2D eigenvalue weighted by molar-refractivity contribution is 0.867. The van der Waals surface area contributed by atoms with E-state index >= 15 is 0 Å². The minimum absolute atomic E-state index is 0.853. The number of halogens is 1. The molecule has 0 aliphatic rings. The lowest BCUT2D eigenvalue weighted by atomic mass is 10.2. The summed E-state index contributed by atoms with van der Waals surface area (Å²) in [6, 6.07) is 2.19. The van der Waals surface area contributed by atoms with Gasteiger partial charge in [-0.2, -0.15) is 0 Å². The Balaban J connectivity index is 2.55. The van der Waals surface area contributed by atoms with Crippen molar-refractivity contribution in [3.63, 3.8) is 0 Å². The third kappa shape index (κ3) is 3.31. The number of rotatable bonds is 5. The molecule has 20 heavy (non-hydrogen) atoms. The minimum Gasteiger partial charge on any atom is -0.369 e. The highest BCUT2D eigenvalue weighted by Crippen LogP contribution is 2.31. The summed E-state index contributed by atoms with van der Waals surface area (Å²) in [4.78, 5) is 12.1. The topological polar surface area (TPSA) is 37.8 Å². The summed E-state index contributed by atoms with van der Waals surface area (Å²) in [7, 11) is 0. The molecule has 0 fully saturated rings. The van der Waals surface area contributed by atoms with Crippen molar-refractivity contribution in [2.45, 2.75) is 40.5 Å². The average Bonchev–Trinajstić information content (AvgIpc) is 2.74. The van der Waals surface area contributed by atoms with Crippen molar-refractivity contribution in [3.8, 4) is 11.4 Å². The number of hydrogen-bond donors (Lipinski definition) is 1. The van der Waals surface area contributed by atoms with Crippen LogP contribution in [-0.2, 0) is 6.42 Å². The van der Waals surface area contributed by atoms with Gasteiger partial charge in [0.15, 0.2) is 5.82 Å². The maximum atomic E-state index is 4.80. The maximum absolute atomic E-state index is 4.80. The van der Waals surface area contributed by atoms with E-state index in [4.69, 9.17) is 9.97 Å². The summed E-state index contributed by atoms with van der Waals surface area (Å²) in [5, 5.41) is 3.36. The van der Waals surface area contributed by atoms with E-state index in [1.807, 2.05) is 0 Å². The van der Waals surface area contributed by atoms with E-state index in [0.717, 1.165) is 40.3 Å². The second-order valence-electron chi connectivity index (χ2n) is 4.76. The summed E-state index contributed by atoms with van der Waals surface area (Å²) in [6.07, 6.45) is 2.09. The van der Waals surface area contributed by atoms with Gasteiger partial charge in [0.25, 0.3) is 0 Å². The Labute approximate surface area is 138 Å². The second kappa shape index (κ2) is 6.85. The van der Waals surface area contributed by atoms with Gasteiger partial charge in [0.1, 0.15) is 5.82 Å². The van der Waals surface area contributed by atoms with E-state index in [1.165, 1.54) is 15.3 Å². The largest absolute Gasteiger partial charge is 0.369 e. The Morgan fingerprint density at radius 3 is 2.55 bits per heavy atom. The third-order valence-electron chi connectivity index (χ3n) is 3.03. The molecule has 0 atom stereocenters. The first-order valence-corrected chi connectivity index (χ1v) is 8.84. The van der Waals surface area contributed by atoms with E-state index in [1.54, 1.807) is 11.3 Å². The third-order valence-corrected chi connectivity index (χ3v) is 5.13. The lowest BCUT2D eigenvalue weighted by Crippen LogP contribution is -2.08. The molecule has 108 valence electrons. The Morgan fingerprint density at radius 1 is 1.25 bits per heavy atom. The van der Waals surface area contributed by atoms with Gasteiger partial charge in [-0.25, -0.2) is 9.97 Å². The van der Waals surface area contributed by atoms with E-state index in [-0.39, 0.29) is 0 Å². The van der Waals surface area contributed by atoms with Crippen LogP contribution < -0.4 is 5.32 Å². The standard InChI is InChI=1S/C15H20IN3S/c1-5-7-12-13(16)15(17-6-2)19-14(18-12)11-8-9(3)20-10(11)4/h8H,5-7H2,1-4H3,(H,17,18,19). The van der Waals surface area contributed by atoms with Crippen molar-refractivity contribution >= 4 is 39.7 Å². The van der Waals surface area contributed by atoms with Gasteiger partial charge in [-0.05, 0) is 55.8 Å². The predicted molar refractivity (Wildman–Crippen MR) is 95.7 cm³/mol. The van der Waals surface area contributed by atoms with Crippen molar-refractivity contribution in [1.82, 2.24) is 9.97 Å². The molecule has 0 unspecified atom stereocenters. The van der Waals surface area contributed by atoms with Crippen LogP contribution in [0, 0.1) is 17.4 Å². The van der Waals surface area contributed by atoms with Crippen LogP contribution in [0.5, 0.6) is 0 Å². The lowest BCUT2D eigenvalue weighted by Gasteiger charge is -2.11. The molecule has 0 amide bonds. The minimum atomic E-state index is 0.853. The fourth-order valence-electron chi connectivity index (χ4n) is 2.15. The van der Waals surface area contributed by atoms with Gasteiger partial charge >= 0.3 is 0 Å². The van der Waals surface area contributed by atoms with Gasteiger partial charge in [0, 0.05) is 21.9 Å². The molecule has 3 nitrogen and oxygen atoms in total. The second-order valence-corrected chi connectivity index (χ2v) is 7.30. The Kier molecular flexibility index (Phi) is 5.37. The van der Waals surface area contributed by atoms with Gasteiger partial charge in [0.05, 0.1) is 9.26 Å². The first-order chi connectivity index (χ1) is 9.56. The molecule has 2 heterocycles. The molecule has 1 N–H and O–H groups in total. The fourth-order valence-corrected chi connectivity index (χ4v) is 3.78. The molecule has 0 saturated heterocycles. The summed E-state index contributed by atoms with van der Waals surface area (Å²) >= 11 is 4.16. The quantitative estimate of drug-likeness (QED) is 0.731. The zero-order valence-corrected chi connectivity index (χ0v) is 15.4. The molecule has 2 rings (SSSR count). The summed E-state index contributed by atoms with van der Waals surface area (Å²) < 4.78 is 1.15. The van der Waals surface area contributed by atoms with Gasteiger partial charge in [-0.1, -0.05) is 13.3 Å². The number of anilines is 1. The van der Waals surface area contributed by atoms with Crippen LogP contribution in [0.25, 0.3) is 11.4 Å². The van der Waals surface area contributed by atoms with Crippen molar-refractivity contribution in [2.24, 2.45) is 0 Å². The molecule has 0 aliphatic heterocycles. The molecule has 2 aromatic rings. The number of thiophene rings is 1. The molecule has 0 aliphatic carbocycles. The van der Waals surface area contributed by atoms with Crippen LogP contribution in [0.3, 0.4) is 0 Å². The number of aromatic nitrogens is 2. The Bertz CT molecular complexity index is 580. The zero-order valence-electron chi connectivity index (χ0n) is 12.4. The smallest absolute Gasteiger partial charge is 0.162 e. The van der Waals surface area contributed by atoms with Crippen LogP contribution in [0.1, 0.15) is 35.7 Å². The normalized spacial score (nSPS) is 10.8. The number of nitrogens with zero attached hydrogens (tertiary/aromatic N) is 2. The molecule has 5 heteroatoms. The first kappa shape index (κ1) is 15.7. The molecular weight excluding hydrogens is 381 g/mol. The van der Waals surface area contributed by atoms with Crippen LogP contribution in [0.4, 0.5) is 5.82 Å². The SMILES string of the molecule is CCCc1nc(-c2cc(C)sc2C)nc(NCC)c1I. The molecular formula is C15H20IN3S. The van der Waals surface area contributed by atoms with Crippen molar-refractivity contribution < 1.29 is 0 Å². The van der Waals surface area contributed by atoms with Crippen molar-refractivity contribution in [3.05, 3.63) is 25.1 Å². The highest BCUT2D eigenvalue weighted by Gasteiger charge is 2.15. The van der Waals surface area contributed by atoms with Gasteiger partial charge in [-0.15, -0.1) is 11.3 Å². The number of aryl methyl sites for hydroxylation is 3. The van der Waals surface area contributed by atoms with E-state index in [2.05, 4.69) is 61.7 Å². The highest BCUT2D eigenvalue weighted by atomic mass is 127. The van der Waals surface area contributed by atoms with Gasteiger partial charge in [0.2, 0.25) is 0 Å². The monoisotopic (exact) mass is 401 g/mol. The summed E-state index contributed by atoms with van der Waals surface area (Å²) in [5.41, 5.74) is 2.32. The van der Waals surface area contributed by atoms with Crippen LogP contribution in [0.15, 0.2) is 6.07 Å². The molecule has 2 aromatic heterocycles. The van der Waals surface area contributed by atoms with E-state index in [0.29, 0.717) is 0 Å².